The Morgan fingerprint density at radius 1 is 1.07 bits per heavy atom. The molecule has 0 bridgehead atoms. The van der Waals surface area contributed by atoms with Crippen molar-refractivity contribution in [1.29, 1.82) is 0 Å². The first-order valence-corrected chi connectivity index (χ1v) is 10.5. The fraction of sp³-hybridized carbons (Fsp3) is 0.905. The third-order valence-corrected chi connectivity index (χ3v) is 6.50. The number of carbonyl (C=O) groups excluding carboxylic acids is 2. The molecule has 1 heterocycles. The summed E-state index contributed by atoms with van der Waals surface area (Å²) in [5, 5.41) is 6.04. The number of carbonyl (C=O) groups is 2. The lowest BCUT2D eigenvalue weighted by Crippen LogP contribution is -2.60. The Morgan fingerprint density at radius 2 is 1.61 bits per heavy atom. The van der Waals surface area contributed by atoms with Gasteiger partial charge in [0, 0.05) is 12.5 Å². The van der Waals surface area contributed by atoms with Gasteiger partial charge in [0.1, 0.15) is 5.54 Å². The zero-order valence-electron chi connectivity index (χ0n) is 19.2. The van der Waals surface area contributed by atoms with Crippen molar-refractivity contribution in [2.45, 2.75) is 110 Å². The van der Waals surface area contributed by atoms with Crippen LogP contribution in [0.3, 0.4) is 0 Å². The SMILES string of the molecule is CC(=O)N[C@]1(C(=O)NC(C)(C)C)C[C@H](CCB2OC(C)(C)C(C)(C)O2)[C@@H](C)C1. The van der Waals surface area contributed by atoms with Gasteiger partial charge >= 0.3 is 7.12 Å². The largest absolute Gasteiger partial charge is 0.457 e. The second-order valence-corrected chi connectivity index (χ2v) is 10.9. The fourth-order valence-corrected chi connectivity index (χ4v) is 4.41. The molecule has 28 heavy (non-hydrogen) atoms. The van der Waals surface area contributed by atoms with Crippen LogP contribution in [0, 0.1) is 11.8 Å². The normalized spacial score (nSPS) is 31.7. The summed E-state index contributed by atoms with van der Waals surface area (Å²) in [7, 11) is -0.226. The zero-order valence-corrected chi connectivity index (χ0v) is 19.2. The molecule has 1 saturated heterocycles. The van der Waals surface area contributed by atoms with Gasteiger partial charge in [0.15, 0.2) is 0 Å². The van der Waals surface area contributed by atoms with E-state index in [-0.39, 0.29) is 35.7 Å². The maximum absolute atomic E-state index is 13.1. The van der Waals surface area contributed by atoms with E-state index in [9.17, 15) is 9.59 Å². The lowest BCUT2D eigenvalue weighted by molar-refractivity contribution is -0.134. The van der Waals surface area contributed by atoms with Gasteiger partial charge in [-0.05, 0) is 79.5 Å². The highest BCUT2D eigenvalue weighted by atomic mass is 16.7. The monoisotopic (exact) mass is 394 g/mol. The van der Waals surface area contributed by atoms with Crippen LogP contribution in [0.5, 0.6) is 0 Å². The lowest BCUT2D eigenvalue weighted by Gasteiger charge is -2.33. The van der Waals surface area contributed by atoms with Gasteiger partial charge in [-0.15, -0.1) is 0 Å². The molecule has 160 valence electrons. The molecule has 7 heteroatoms. The molecule has 0 aromatic carbocycles. The van der Waals surface area contributed by atoms with Crippen LogP contribution in [0.2, 0.25) is 6.32 Å². The summed E-state index contributed by atoms with van der Waals surface area (Å²) in [6.45, 7) is 17.8. The Morgan fingerprint density at radius 3 is 2.07 bits per heavy atom. The lowest BCUT2D eigenvalue weighted by atomic mass is 9.77. The standard InChI is InChI=1S/C21H39BN2O4/c1-14-12-21(23-15(2)25,17(26)24-18(3,4)5)13-16(14)10-11-22-27-19(6,7)20(8,9)28-22/h14,16H,10-13H2,1-9H3,(H,23,25)(H,24,26)/t14-,16-,21-/m0/s1. The van der Waals surface area contributed by atoms with E-state index in [1.54, 1.807) is 0 Å². The first kappa shape index (κ1) is 23.2. The van der Waals surface area contributed by atoms with E-state index >= 15 is 0 Å². The predicted octanol–water partition coefficient (Wildman–Crippen LogP) is 3.30. The van der Waals surface area contributed by atoms with Gasteiger partial charge in [-0.1, -0.05) is 13.3 Å². The minimum Gasteiger partial charge on any atom is -0.403 e. The second kappa shape index (κ2) is 7.64. The van der Waals surface area contributed by atoms with Crippen molar-refractivity contribution >= 4 is 18.9 Å². The Bertz CT molecular complexity index is 598. The Kier molecular flexibility index (Phi) is 6.33. The average Bonchev–Trinajstić information content (AvgIpc) is 2.88. The zero-order chi connectivity index (χ0) is 21.5. The van der Waals surface area contributed by atoms with Crippen LogP contribution >= 0.6 is 0 Å². The van der Waals surface area contributed by atoms with Crippen LogP contribution < -0.4 is 10.6 Å². The Labute approximate surface area is 171 Å². The Balaban J connectivity index is 2.05. The van der Waals surface area contributed by atoms with Crippen LogP contribution in [0.25, 0.3) is 0 Å². The Hall–Kier alpha value is -1.08. The number of hydrogen-bond acceptors (Lipinski definition) is 4. The summed E-state index contributed by atoms with van der Waals surface area (Å²) in [5.41, 5.74) is -1.83. The van der Waals surface area contributed by atoms with Crippen molar-refractivity contribution in [2.75, 3.05) is 0 Å². The molecular weight excluding hydrogens is 355 g/mol. The summed E-state index contributed by atoms with van der Waals surface area (Å²) < 4.78 is 12.2. The van der Waals surface area contributed by atoms with Gasteiger partial charge in [-0.2, -0.15) is 0 Å². The van der Waals surface area contributed by atoms with E-state index < -0.39 is 5.54 Å². The average molecular weight is 394 g/mol. The molecule has 0 spiro atoms. The van der Waals surface area contributed by atoms with E-state index in [2.05, 4.69) is 45.3 Å². The van der Waals surface area contributed by atoms with Gasteiger partial charge in [0.25, 0.3) is 0 Å². The smallest absolute Gasteiger partial charge is 0.403 e. The first-order valence-electron chi connectivity index (χ1n) is 10.5. The first-order chi connectivity index (χ1) is 12.6. The van der Waals surface area contributed by atoms with Crippen molar-refractivity contribution < 1.29 is 18.9 Å². The summed E-state index contributed by atoms with van der Waals surface area (Å²) in [6, 6.07) is 0. The second-order valence-electron chi connectivity index (χ2n) is 10.9. The van der Waals surface area contributed by atoms with E-state index in [0.717, 1.165) is 12.7 Å². The van der Waals surface area contributed by atoms with Crippen LogP contribution in [0.1, 0.15) is 81.6 Å². The van der Waals surface area contributed by atoms with Crippen LogP contribution in [-0.4, -0.2) is 41.2 Å². The number of rotatable bonds is 5. The van der Waals surface area contributed by atoms with Crippen LogP contribution in [0.4, 0.5) is 0 Å². The highest BCUT2D eigenvalue weighted by Gasteiger charge is 2.53. The van der Waals surface area contributed by atoms with Gasteiger partial charge in [-0.25, -0.2) is 0 Å². The van der Waals surface area contributed by atoms with Crippen LogP contribution in [0.15, 0.2) is 0 Å². The maximum Gasteiger partial charge on any atom is 0.457 e. The van der Waals surface area contributed by atoms with Gasteiger partial charge in [0.05, 0.1) is 11.2 Å². The van der Waals surface area contributed by atoms with E-state index in [4.69, 9.17) is 9.31 Å². The molecule has 0 aromatic rings. The molecule has 6 nitrogen and oxygen atoms in total. The summed E-state index contributed by atoms with van der Waals surface area (Å²) >= 11 is 0. The third kappa shape index (κ3) is 5.09. The predicted molar refractivity (Wildman–Crippen MR) is 112 cm³/mol. The maximum atomic E-state index is 13.1. The van der Waals surface area contributed by atoms with Crippen molar-refractivity contribution in [3.8, 4) is 0 Å². The number of hydrogen-bond donors (Lipinski definition) is 2. The quantitative estimate of drug-likeness (QED) is 0.702. The minimum atomic E-state index is -0.834. The highest BCUT2D eigenvalue weighted by molar-refractivity contribution is 6.45. The minimum absolute atomic E-state index is 0.0832. The molecule has 2 amide bonds. The summed E-state index contributed by atoms with van der Waals surface area (Å²) in [4.78, 5) is 24.9. The fourth-order valence-electron chi connectivity index (χ4n) is 4.41. The molecule has 2 aliphatic rings. The molecule has 1 saturated carbocycles. The van der Waals surface area contributed by atoms with Crippen molar-refractivity contribution in [2.24, 2.45) is 11.8 Å². The highest BCUT2D eigenvalue weighted by Crippen LogP contribution is 2.44. The molecule has 3 atom stereocenters. The molecule has 1 aliphatic heterocycles. The summed E-state index contributed by atoms with van der Waals surface area (Å²) in [6.07, 6.45) is 3.00. The van der Waals surface area contributed by atoms with Gasteiger partial charge in [0.2, 0.25) is 11.8 Å². The molecule has 2 N–H and O–H groups in total. The van der Waals surface area contributed by atoms with Gasteiger partial charge in [-0.3, -0.25) is 9.59 Å². The van der Waals surface area contributed by atoms with E-state index in [1.165, 1.54) is 6.92 Å². The number of amides is 2. The molecule has 1 aliphatic carbocycles. The topological polar surface area (TPSA) is 76.7 Å². The molecule has 2 fully saturated rings. The molecular formula is C21H39BN2O4. The molecule has 0 aromatic heterocycles. The molecule has 0 unspecified atom stereocenters. The third-order valence-electron chi connectivity index (χ3n) is 6.50. The molecule has 2 rings (SSSR count). The van der Waals surface area contributed by atoms with Crippen molar-refractivity contribution in [3.63, 3.8) is 0 Å². The van der Waals surface area contributed by atoms with Gasteiger partial charge < -0.3 is 19.9 Å². The number of nitrogens with one attached hydrogen (secondary N) is 2. The van der Waals surface area contributed by atoms with Crippen molar-refractivity contribution in [1.82, 2.24) is 10.6 Å². The van der Waals surface area contributed by atoms with Crippen molar-refractivity contribution in [3.05, 3.63) is 0 Å². The van der Waals surface area contributed by atoms with Crippen LogP contribution in [-0.2, 0) is 18.9 Å². The molecule has 0 radical (unpaired) electrons. The van der Waals surface area contributed by atoms with E-state index in [1.807, 2.05) is 20.8 Å². The van der Waals surface area contributed by atoms with E-state index in [0.29, 0.717) is 24.7 Å². The summed E-state index contributed by atoms with van der Waals surface area (Å²) in [5.74, 6) is 0.416.